The van der Waals surface area contributed by atoms with Gasteiger partial charge >= 0.3 is 0 Å². The molecule has 1 heterocycles. The van der Waals surface area contributed by atoms with Crippen molar-refractivity contribution in [1.82, 2.24) is 5.32 Å². The van der Waals surface area contributed by atoms with E-state index in [1.54, 1.807) is 30.3 Å². The molecule has 3 aromatic rings. The predicted octanol–water partition coefficient (Wildman–Crippen LogP) is 4.77. The number of anilines is 1. The number of rotatable bonds is 5. The molecule has 0 radical (unpaired) electrons. The molecular formula is C22H20N2O2S. The maximum absolute atomic E-state index is 12.8. The first-order valence-corrected chi connectivity index (χ1v) is 9.41. The molecule has 0 aliphatic rings. The van der Waals surface area contributed by atoms with Crippen LogP contribution in [0.2, 0.25) is 0 Å². The Morgan fingerprint density at radius 2 is 1.70 bits per heavy atom. The molecule has 2 amide bonds. The number of nitrogens with one attached hydrogen (secondary N) is 2. The van der Waals surface area contributed by atoms with Gasteiger partial charge in [-0.15, -0.1) is 11.3 Å². The highest BCUT2D eigenvalue weighted by molar-refractivity contribution is 7.10. The Labute approximate surface area is 162 Å². The zero-order valence-corrected chi connectivity index (χ0v) is 16.0. The van der Waals surface area contributed by atoms with Crippen molar-refractivity contribution in [1.29, 1.82) is 0 Å². The van der Waals surface area contributed by atoms with E-state index in [1.807, 2.05) is 55.6 Å². The summed E-state index contributed by atoms with van der Waals surface area (Å²) in [5.74, 6) is -0.690. The van der Waals surface area contributed by atoms with Crippen LogP contribution < -0.4 is 10.6 Å². The highest BCUT2D eigenvalue weighted by Crippen LogP contribution is 2.17. The molecular weight excluding hydrogens is 356 g/mol. The van der Waals surface area contributed by atoms with Crippen molar-refractivity contribution in [2.45, 2.75) is 13.8 Å². The minimum atomic E-state index is -0.365. The highest BCUT2D eigenvalue weighted by atomic mass is 32.1. The molecule has 0 aliphatic heterocycles. The molecule has 0 aliphatic carbocycles. The summed E-state index contributed by atoms with van der Waals surface area (Å²) in [6.45, 7) is 4.01. The first-order chi connectivity index (χ1) is 13.0. The zero-order valence-electron chi connectivity index (χ0n) is 15.2. The van der Waals surface area contributed by atoms with Crippen molar-refractivity contribution in [2.75, 3.05) is 5.32 Å². The lowest BCUT2D eigenvalue weighted by molar-refractivity contribution is -0.113. The van der Waals surface area contributed by atoms with Crippen LogP contribution in [0.1, 0.15) is 26.4 Å². The summed E-state index contributed by atoms with van der Waals surface area (Å²) in [4.78, 5) is 26.2. The van der Waals surface area contributed by atoms with Gasteiger partial charge in [-0.25, -0.2) is 0 Å². The SMILES string of the molecule is Cc1ccc(NC(=O)/C(=C/c2cccs2)NC(=O)c2ccccc2)cc1C. The average molecular weight is 376 g/mol. The van der Waals surface area contributed by atoms with E-state index in [0.29, 0.717) is 11.3 Å². The lowest BCUT2D eigenvalue weighted by Gasteiger charge is -2.12. The monoisotopic (exact) mass is 376 g/mol. The zero-order chi connectivity index (χ0) is 19.2. The third-order valence-electron chi connectivity index (χ3n) is 4.12. The van der Waals surface area contributed by atoms with E-state index >= 15 is 0 Å². The van der Waals surface area contributed by atoms with Gasteiger partial charge in [0.05, 0.1) is 0 Å². The van der Waals surface area contributed by atoms with Crippen LogP contribution in [0.25, 0.3) is 6.08 Å². The Hall–Kier alpha value is -3.18. The second kappa shape index (κ2) is 8.47. The highest BCUT2D eigenvalue weighted by Gasteiger charge is 2.15. The maximum Gasteiger partial charge on any atom is 0.272 e. The molecule has 3 rings (SSSR count). The Bertz CT molecular complexity index is 977. The summed E-state index contributed by atoms with van der Waals surface area (Å²) in [6, 6.07) is 18.3. The minimum Gasteiger partial charge on any atom is -0.321 e. The van der Waals surface area contributed by atoms with Crippen molar-refractivity contribution in [2.24, 2.45) is 0 Å². The van der Waals surface area contributed by atoms with E-state index in [1.165, 1.54) is 11.3 Å². The number of carbonyl (C=O) groups is 2. The number of benzene rings is 2. The summed E-state index contributed by atoms with van der Waals surface area (Å²) in [6.07, 6.45) is 1.68. The molecule has 0 spiro atoms. The molecule has 0 saturated heterocycles. The predicted molar refractivity (Wildman–Crippen MR) is 111 cm³/mol. The van der Waals surface area contributed by atoms with Crippen LogP contribution >= 0.6 is 11.3 Å². The number of thiophene rings is 1. The molecule has 2 N–H and O–H groups in total. The van der Waals surface area contributed by atoms with Gasteiger partial charge in [0.15, 0.2) is 0 Å². The van der Waals surface area contributed by atoms with Gasteiger partial charge in [-0.1, -0.05) is 30.3 Å². The van der Waals surface area contributed by atoms with E-state index in [-0.39, 0.29) is 17.5 Å². The molecule has 27 heavy (non-hydrogen) atoms. The average Bonchev–Trinajstić information content (AvgIpc) is 3.18. The van der Waals surface area contributed by atoms with E-state index < -0.39 is 0 Å². The molecule has 0 saturated carbocycles. The Balaban J connectivity index is 1.84. The largest absolute Gasteiger partial charge is 0.321 e. The van der Waals surface area contributed by atoms with Gasteiger partial charge in [-0.05, 0) is 66.8 Å². The molecule has 5 heteroatoms. The molecule has 0 unspecified atom stereocenters. The first-order valence-electron chi connectivity index (χ1n) is 8.53. The standard InChI is InChI=1S/C22H20N2O2S/c1-15-10-11-18(13-16(15)2)23-22(26)20(14-19-9-6-12-27-19)24-21(25)17-7-4-3-5-8-17/h3-14H,1-2H3,(H,23,26)(H,24,25)/b20-14-. The maximum atomic E-state index is 12.8. The van der Waals surface area contributed by atoms with E-state index in [4.69, 9.17) is 0 Å². The number of carbonyl (C=O) groups excluding carboxylic acids is 2. The third-order valence-corrected chi connectivity index (χ3v) is 4.94. The fourth-order valence-corrected chi connectivity index (χ4v) is 3.13. The Morgan fingerprint density at radius 3 is 2.37 bits per heavy atom. The Kier molecular flexibility index (Phi) is 5.84. The fraction of sp³-hybridized carbons (Fsp3) is 0.0909. The normalized spacial score (nSPS) is 11.1. The van der Waals surface area contributed by atoms with Crippen LogP contribution in [0.5, 0.6) is 0 Å². The van der Waals surface area contributed by atoms with Crippen LogP contribution in [-0.2, 0) is 4.79 Å². The van der Waals surface area contributed by atoms with Crippen molar-refractivity contribution in [3.8, 4) is 0 Å². The van der Waals surface area contributed by atoms with E-state index in [0.717, 1.165) is 16.0 Å². The number of aryl methyl sites for hydroxylation is 2. The topological polar surface area (TPSA) is 58.2 Å². The molecule has 0 bridgehead atoms. The van der Waals surface area contributed by atoms with Crippen molar-refractivity contribution in [3.63, 3.8) is 0 Å². The van der Waals surface area contributed by atoms with E-state index in [9.17, 15) is 9.59 Å². The molecule has 2 aromatic carbocycles. The summed E-state index contributed by atoms with van der Waals surface area (Å²) < 4.78 is 0. The smallest absolute Gasteiger partial charge is 0.272 e. The lowest BCUT2D eigenvalue weighted by Crippen LogP contribution is -2.30. The molecule has 136 valence electrons. The van der Waals surface area contributed by atoms with Gasteiger partial charge in [-0.3, -0.25) is 9.59 Å². The number of amides is 2. The number of hydrogen-bond donors (Lipinski definition) is 2. The molecule has 0 fully saturated rings. The van der Waals surface area contributed by atoms with Crippen LogP contribution in [0.3, 0.4) is 0 Å². The van der Waals surface area contributed by atoms with Crippen LogP contribution in [0.4, 0.5) is 5.69 Å². The molecule has 4 nitrogen and oxygen atoms in total. The van der Waals surface area contributed by atoms with Crippen molar-refractivity contribution >= 4 is 34.9 Å². The van der Waals surface area contributed by atoms with Gasteiger partial charge in [0.2, 0.25) is 0 Å². The van der Waals surface area contributed by atoms with Crippen LogP contribution in [0, 0.1) is 13.8 Å². The molecule has 0 atom stereocenters. The van der Waals surface area contributed by atoms with Gasteiger partial charge in [0.25, 0.3) is 11.8 Å². The molecule has 1 aromatic heterocycles. The van der Waals surface area contributed by atoms with Gasteiger partial charge in [0, 0.05) is 16.1 Å². The van der Waals surface area contributed by atoms with Crippen molar-refractivity contribution in [3.05, 3.63) is 93.3 Å². The van der Waals surface area contributed by atoms with Gasteiger partial charge in [0.1, 0.15) is 5.70 Å². The van der Waals surface area contributed by atoms with Gasteiger partial charge in [-0.2, -0.15) is 0 Å². The van der Waals surface area contributed by atoms with Crippen LogP contribution in [-0.4, -0.2) is 11.8 Å². The Morgan fingerprint density at radius 1 is 0.926 bits per heavy atom. The first kappa shape index (κ1) is 18.6. The summed E-state index contributed by atoms with van der Waals surface area (Å²) in [5.41, 5.74) is 3.62. The fourth-order valence-electron chi connectivity index (χ4n) is 2.48. The summed E-state index contributed by atoms with van der Waals surface area (Å²) >= 11 is 1.49. The van der Waals surface area contributed by atoms with Gasteiger partial charge < -0.3 is 10.6 Å². The number of hydrogen-bond acceptors (Lipinski definition) is 3. The minimum absolute atomic E-state index is 0.199. The quantitative estimate of drug-likeness (QED) is 0.630. The summed E-state index contributed by atoms with van der Waals surface area (Å²) in [5, 5.41) is 7.52. The van der Waals surface area contributed by atoms with Crippen LogP contribution in [0.15, 0.2) is 71.7 Å². The third kappa shape index (κ3) is 4.92. The lowest BCUT2D eigenvalue weighted by atomic mass is 10.1. The second-order valence-electron chi connectivity index (χ2n) is 6.15. The van der Waals surface area contributed by atoms with E-state index in [2.05, 4.69) is 10.6 Å². The second-order valence-corrected chi connectivity index (χ2v) is 7.13. The summed E-state index contributed by atoms with van der Waals surface area (Å²) in [7, 11) is 0. The van der Waals surface area contributed by atoms with Crippen molar-refractivity contribution < 1.29 is 9.59 Å².